The summed E-state index contributed by atoms with van der Waals surface area (Å²) in [5.74, 6) is -1.15. The van der Waals surface area contributed by atoms with Crippen LogP contribution < -0.4 is 10.2 Å². The number of fused-ring (bicyclic) bond motifs is 4. The van der Waals surface area contributed by atoms with Crippen molar-refractivity contribution in [3.63, 3.8) is 0 Å². The molecule has 2 heterocycles. The minimum absolute atomic E-state index is 0.0642. The summed E-state index contributed by atoms with van der Waals surface area (Å²) in [7, 11) is 0. The summed E-state index contributed by atoms with van der Waals surface area (Å²) in [5.41, 5.74) is -0.661. The van der Waals surface area contributed by atoms with Crippen molar-refractivity contribution in [3.8, 4) is 5.95 Å². The second-order valence-electron chi connectivity index (χ2n) is 9.69. The van der Waals surface area contributed by atoms with Crippen LogP contribution >= 0.6 is 0 Å². The maximum Gasteiger partial charge on any atom is 0.372 e. The third-order valence-corrected chi connectivity index (χ3v) is 7.93. The van der Waals surface area contributed by atoms with Crippen molar-refractivity contribution in [2.75, 3.05) is 0 Å². The Morgan fingerprint density at radius 1 is 1.15 bits per heavy atom. The number of aliphatic hydroxyl groups is 1. The molecule has 148 valence electrons. The first kappa shape index (κ1) is 18.5. The topological polar surface area (TPSA) is 97.0 Å². The zero-order valence-corrected chi connectivity index (χ0v) is 16.4. The molecule has 4 rings (SSSR count). The highest BCUT2D eigenvalue weighted by Gasteiger charge is 2.62. The summed E-state index contributed by atoms with van der Waals surface area (Å²) in [6.45, 7) is 8.61. The number of carbonyl (C=O) groups is 1. The summed E-state index contributed by atoms with van der Waals surface area (Å²) in [6.07, 6.45) is 3.54. The van der Waals surface area contributed by atoms with E-state index in [1.807, 2.05) is 6.92 Å². The van der Waals surface area contributed by atoms with Crippen LogP contribution in [0.1, 0.15) is 69.5 Å². The van der Waals surface area contributed by atoms with E-state index in [2.05, 4.69) is 20.8 Å². The molecule has 6 heteroatoms. The number of aromatic carboxylic acids is 1. The van der Waals surface area contributed by atoms with Gasteiger partial charge in [-0.3, -0.25) is 4.79 Å². The van der Waals surface area contributed by atoms with Gasteiger partial charge in [0.05, 0.1) is 11.7 Å². The number of rotatable bonds is 1. The molecule has 2 N–H and O–H groups in total. The first-order chi connectivity index (χ1) is 12.5. The largest absolute Gasteiger partial charge is 0.475 e. The van der Waals surface area contributed by atoms with Gasteiger partial charge in [0, 0.05) is 12.0 Å². The van der Waals surface area contributed by atoms with Crippen LogP contribution in [0.4, 0.5) is 0 Å². The van der Waals surface area contributed by atoms with Gasteiger partial charge in [-0.2, -0.15) is 0 Å². The smallest absolute Gasteiger partial charge is 0.372 e. The van der Waals surface area contributed by atoms with Crippen molar-refractivity contribution in [2.45, 2.75) is 71.5 Å². The normalized spacial score (nSPS) is 39.5. The highest BCUT2D eigenvalue weighted by atomic mass is 16.6. The standard InChI is InChI=1S/C21H28O6/c1-19(2)14-5-8-21(4)15(20(14,3)7-6-16(19)23)9-11-12(22)10-13(17(24)25)26-18(11)27-21/h10,14-16,23H,5-9H2,1-4H3,(H,24,25)/t14-,15-,16+,20-,21+/m1/s1. The quantitative estimate of drug-likeness (QED) is 0.781. The van der Waals surface area contributed by atoms with Crippen molar-refractivity contribution in [1.82, 2.24) is 0 Å². The predicted octanol–water partition coefficient (Wildman–Crippen LogP) is 3.25. The Balaban J connectivity index is 1.80. The fourth-order valence-corrected chi connectivity index (χ4v) is 6.35. The summed E-state index contributed by atoms with van der Waals surface area (Å²) < 4.78 is 11.6. The molecule has 1 aliphatic heterocycles. The van der Waals surface area contributed by atoms with Crippen LogP contribution in [0.5, 0.6) is 5.95 Å². The summed E-state index contributed by atoms with van der Waals surface area (Å²) in [5, 5.41) is 19.8. The first-order valence-electron chi connectivity index (χ1n) is 9.76. The van der Waals surface area contributed by atoms with Crippen LogP contribution in [0.2, 0.25) is 0 Å². The van der Waals surface area contributed by atoms with Gasteiger partial charge in [-0.25, -0.2) is 4.79 Å². The Labute approximate surface area is 158 Å². The van der Waals surface area contributed by atoms with Gasteiger partial charge in [-0.05, 0) is 55.8 Å². The average molecular weight is 376 g/mol. The van der Waals surface area contributed by atoms with Crippen molar-refractivity contribution in [1.29, 1.82) is 0 Å². The van der Waals surface area contributed by atoms with E-state index < -0.39 is 11.6 Å². The van der Waals surface area contributed by atoms with Gasteiger partial charge in [-0.1, -0.05) is 20.8 Å². The monoisotopic (exact) mass is 376 g/mol. The van der Waals surface area contributed by atoms with Crippen molar-refractivity contribution < 1.29 is 24.2 Å². The Morgan fingerprint density at radius 3 is 2.52 bits per heavy atom. The summed E-state index contributed by atoms with van der Waals surface area (Å²) >= 11 is 0. The fourth-order valence-electron chi connectivity index (χ4n) is 6.35. The second kappa shape index (κ2) is 5.60. The second-order valence-corrected chi connectivity index (χ2v) is 9.69. The highest BCUT2D eigenvalue weighted by molar-refractivity contribution is 5.84. The summed E-state index contributed by atoms with van der Waals surface area (Å²) in [6, 6.07) is 1.05. The Morgan fingerprint density at radius 2 is 1.85 bits per heavy atom. The third kappa shape index (κ3) is 2.49. The van der Waals surface area contributed by atoms with E-state index in [0.29, 0.717) is 17.9 Å². The number of carboxylic acid groups (broad SMARTS) is 1. The lowest BCUT2D eigenvalue weighted by atomic mass is 9.44. The maximum atomic E-state index is 12.6. The lowest BCUT2D eigenvalue weighted by molar-refractivity contribution is -0.195. The van der Waals surface area contributed by atoms with Crippen molar-refractivity contribution >= 4 is 5.97 Å². The zero-order chi connectivity index (χ0) is 19.8. The minimum Gasteiger partial charge on any atom is -0.475 e. The molecule has 5 atom stereocenters. The molecular weight excluding hydrogens is 348 g/mol. The molecule has 0 saturated heterocycles. The lowest BCUT2D eigenvalue weighted by Gasteiger charge is -2.63. The molecule has 0 aromatic carbocycles. The van der Waals surface area contributed by atoms with Crippen LogP contribution in [-0.2, 0) is 6.42 Å². The maximum absolute atomic E-state index is 12.6. The Hall–Kier alpha value is -1.82. The Bertz CT molecular complexity index is 855. The van der Waals surface area contributed by atoms with Gasteiger partial charge < -0.3 is 19.4 Å². The third-order valence-electron chi connectivity index (χ3n) is 7.93. The molecule has 0 bridgehead atoms. The summed E-state index contributed by atoms with van der Waals surface area (Å²) in [4.78, 5) is 23.8. The SMILES string of the molecule is CC1(C)[C@H]2CC[C@]3(C)Oc4oc(C(=O)O)cc(=O)c4C[C@@H]3[C@]2(C)CC[C@@H]1O. The van der Waals surface area contributed by atoms with E-state index in [1.165, 1.54) is 0 Å². The molecular formula is C21H28O6. The number of hydrogen-bond acceptors (Lipinski definition) is 5. The predicted molar refractivity (Wildman–Crippen MR) is 98.0 cm³/mol. The molecule has 0 spiro atoms. The highest BCUT2D eigenvalue weighted by Crippen LogP contribution is 2.64. The van der Waals surface area contributed by atoms with Crippen LogP contribution in [0, 0.1) is 22.7 Å². The zero-order valence-electron chi connectivity index (χ0n) is 16.4. The molecule has 0 unspecified atom stereocenters. The fraction of sp³-hybridized carbons (Fsp3) is 0.714. The van der Waals surface area contributed by atoms with Crippen LogP contribution in [0.15, 0.2) is 15.3 Å². The van der Waals surface area contributed by atoms with Crippen molar-refractivity contribution in [2.24, 2.45) is 22.7 Å². The molecule has 0 amide bonds. The molecule has 1 aromatic heterocycles. The van der Waals surface area contributed by atoms with Crippen LogP contribution in [0.3, 0.4) is 0 Å². The first-order valence-corrected chi connectivity index (χ1v) is 9.76. The number of aliphatic hydroxyl groups excluding tert-OH is 1. The molecule has 1 aromatic rings. The van der Waals surface area contributed by atoms with E-state index in [1.54, 1.807) is 0 Å². The Kier molecular flexibility index (Phi) is 3.84. The number of ether oxygens (including phenoxy) is 1. The van der Waals surface area contributed by atoms with E-state index in [0.717, 1.165) is 31.7 Å². The minimum atomic E-state index is -1.27. The van der Waals surface area contributed by atoms with E-state index in [9.17, 15) is 19.8 Å². The molecule has 27 heavy (non-hydrogen) atoms. The molecule has 3 aliphatic rings. The average Bonchev–Trinajstić information content (AvgIpc) is 2.57. The van der Waals surface area contributed by atoms with Gasteiger partial charge in [0.1, 0.15) is 5.60 Å². The van der Waals surface area contributed by atoms with Gasteiger partial charge >= 0.3 is 5.97 Å². The molecule has 6 nitrogen and oxygen atoms in total. The number of carboxylic acids is 1. The lowest BCUT2D eigenvalue weighted by Crippen LogP contribution is -2.63. The van der Waals surface area contributed by atoms with Gasteiger partial charge in [0.15, 0.2) is 5.43 Å². The van der Waals surface area contributed by atoms with Gasteiger partial charge in [0.25, 0.3) is 5.95 Å². The molecule has 0 radical (unpaired) electrons. The molecule has 2 saturated carbocycles. The molecule has 2 fully saturated rings. The van der Waals surface area contributed by atoms with Crippen LogP contribution in [0.25, 0.3) is 0 Å². The van der Waals surface area contributed by atoms with E-state index >= 15 is 0 Å². The van der Waals surface area contributed by atoms with Crippen LogP contribution in [-0.4, -0.2) is 27.9 Å². The number of hydrogen-bond donors (Lipinski definition) is 2. The van der Waals surface area contributed by atoms with E-state index in [4.69, 9.17) is 9.15 Å². The van der Waals surface area contributed by atoms with E-state index in [-0.39, 0.29) is 40.0 Å². The van der Waals surface area contributed by atoms with Crippen molar-refractivity contribution in [3.05, 3.63) is 27.6 Å². The van der Waals surface area contributed by atoms with Gasteiger partial charge in [0.2, 0.25) is 5.76 Å². The van der Waals surface area contributed by atoms with Gasteiger partial charge in [-0.15, -0.1) is 0 Å². The molecule has 2 aliphatic carbocycles.